The number of hydrogen-bond donors (Lipinski definition) is 2. The van der Waals surface area contributed by atoms with Crippen LogP contribution in [0.4, 0.5) is 0 Å². The molecule has 0 heterocycles. The summed E-state index contributed by atoms with van der Waals surface area (Å²) in [4.78, 5) is 0. The molecule has 0 aromatic rings. The molecule has 11 heavy (non-hydrogen) atoms. The maximum absolute atomic E-state index is 9.99. The summed E-state index contributed by atoms with van der Waals surface area (Å²) in [5.74, 6) is 0. The van der Waals surface area contributed by atoms with Crippen molar-refractivity contribution >= 4 is 20.2 Å². The normalized spacial score (nSPS) is 12.7. The average molecular weight is 198 g/mol. The molecule has 0 spiro atoms. The summed E-state index contributed by atoms with van der Waals surface area (Å²) in [6.07, 6.45) is 0. The minimum absolute atomic E-state index is 0. The Balaban J connectivity index is -0.000000405. The Hall–Kier alpha value is 0.417. The monoisotopic (exact) mass is 198 g/mol. The van der Waals surface area contributed by atoms with Gasteiger partial charge in [0.2, 0.25) is 4.58 Å². The van der Waals surface area contributed by atoms with Crippen molar-refractivity contribution in [2.24, 2.45) is 0 Å². The van der Waals surface area contributed by atoms with Crippen molar-refractivity contribution in [3.63, 3.8) is 0 Å². The van der Waals surface area contributed by atoms with Gasteiger partial charge in [-0.2, -0.15) is 16.8 Å². The van der Waals surface area contributed by atoms with Gasteiger partial charge in [0.15, 0.2) is 0 Å². The Bertz CT molecular complexity index is 272. The molecule has 64 valence electrons. The maximum atomic E-state index is 9.99. The van der Waals surface area contributed by atoms with E-state index in [1.165, 1.54) is 0 Å². The molecule has 0 aliphatic rings. The van der Waals surface area contributed by atoms with Gasteiger partial charge in [-0.25, -0.2) is 0 Å². The summed E-state index contributed by atoms with van der Waals surface area (Å²) >= 11 is 0. The first-order valence-corrected chi connectivity index (χ1v) is 5.09. The van der Waals surface area contributed by atoms with Crippen LogP contribution in [-0.2, 0) is 20.2 Å². The average Bonchev–Trinajstić information content (AvgIpc) is 1.59. The van der Waals surface area contributed by atoms with Crippen LogP contribution in [0.25, 0.3) is 0 Å². The summed E-state index contributed by atoms with van der Waals surface area (Å²) in [5.41, 5.74) is 0. The molecule has 0 unspecified atom stereocenters. The van der Waals surface area contributed by atoms with Gasteiger partial charge in [0.1, 0.15) is 0 Å². The molecule has 0 amide bonds. The molecular weight excluding hydrogens is 191 g/mol. The van der Waals surface area contributed by atoms with Crippen molar-refractivity contribution in [2.75, 3.05) is 0 Å². The minimum atomic E-state index is -4.70. The Kier molecular flexibility index (Phi) is 4.94. The second-order valence-corrected chi connectivity index (χ2v) is 5.37. The van der Waals surface area contributed by atoms with Crippen LogP contribution in [-0.4, -0.2) is 30.5 Å². The molecule has 0 aromatic heterocycles. The summed E-state index contributed by atoms with van der Waals surface area (Å²) < 4.78 is 53.9. The van der Waals surface area contributed by atoms with Gasteiger partial charge in [-0.1, -0.05) is 0 Å². The molecule has 0 aromatic carbocycles. The predicted molar refractivity (Wildman–Crippen MR) is 33.7 cm³/mol. The van der Waals surface area contributed by atoms with E-state index in [0.29, 0.717) is 6.92 Å². The fourth-order valence-electron chi connectivity index (χ4n) is 0.154. The molecule has 0 aliphatic heterocycles. The van der Waals surface area contributed by atoms with Crippen LogP contribution in [0.3, 0.4) is 0 Å². The van der Waals surface area contributed by atoms with Gasteiger partial charge in [-0.05, 0) is 6.92 Å². The van der Waals surface area contributed by atoms with E-state index in [1.807, 2.05) is 0 Å². The molecule has 0 atom stereocenters. The molecule has 0 rings (SSSR count). The van der Waals surface area contributed by atoms with Crippen LogP contribution < -0.4 is 18.9 Å². The van der Waals surface area contributed by atoms with Gasteiger partial charge in [0.05, 0.1) is 0 Å². The minimum Gasteiger partial charge on any atom is -1.00 e. The van der Waals surface area contributed by atoms with E-state index in [2.05, 4.69) is 0 Å². The van der Waals surface area contributed by atoms with E-state index < -0.39 is 24.8 Å². The molecule has 0 saturated carbocycles. The van der Waals surface area contributed by atoms with Crippen molar-refractivity contribution in [3.05, 3.63) is 0 Å². The van der Waals surface area contributed by atoms with Crippen molar-refractivity contribution in [1.82, 2.24) is 0 Å². The quantitative estimate of drug-likeness (QED) is 0.348. The molecule has 0 aliphatic carbocycles. The fourth-order valence-corrected chi connectivity index (χ4v) is 1.38. The summed E-state index contributed by atoms with van der Waals surface area (Å²) in [5, 5.41) is 0. The van der Waals surface area contributed by atoms with Gasteiger partial charge in [0, 0.05) is 0 Å². The molecule has 0 radical (unpaired) electrons. The van der Waals surface area contributed by atoms with Crippen molar-refractivity contribution in [1.29, 1.82) is 0 Å². The van der Waals surface area contributed by atoms with E-state index in [1.54, 1.807) is 0 Å². The Morgan fingerprint density at radius 2 is 1.27 bits per heavy atom. The third-order valence-corrected chi connectivity index (χ3v) is 3.98. The largest absolute Gasteiger partial charge is 1.00 e. The van der Waals surface area contributed by atoms with Gasteiger partial charge in [-0.3, -0.25) is 9.11 Å². The van der Waals surface area contributed by atoms with Gasteiger partial charge in [0.25, 0.3) is 20.2 Å². The van der Waals surface area contributed by atoms with E-state index in [0.717, 1.165) is 0 Å². The first-order valence-electron chi connectivity index (χ1n) is 2.08. The summed E-state index contributed by atoms with van der Waals surface area (Å²) in [6, 6.07) is 0. The molecule has 6 nitrogen and oxygen atoms in total. The van der Waals surface area contributed by atoms with Gasteiger partial charge in [-0.15, -0.1) is 0 Å². The molecule has 9 heteroatoms. The van der Waals surface area contributed by atoms with Gasteiger partial charge < -0.3 is 1.43 Å². The summed E-state index contributed by atoms with van der Waals surface area (Å²) in [7, 11) is -9.40. The van der Waals surface area contributed by atoms with Crippen molar-refractivity contribution < 1.29 is 46.2 Å². The van der Waals surface area contributed by atoms with E-state index >= 15 is 0 Å². The topological polar surface area (TPSA) is 109 Å². The van der Waals surface area contributed by atoms with E-state index in [4.69, 9.17) is 9.11 Å². The molecule has 0 fully saturated rings. The van der Waals surface area contributed by atoms with Crippen molar-refractivity contribution in [2.45, 2.75) is 11.5 Å². The van der Waals surface area contributed by atoms with E-state index in [9.17, 15) is 16.8 Å². The van der Waals surface area contributed by atoms with Crippen LogP contribution in [0.1, 0.15) is 8.35 Å². The SMILES string of the molecule is CC(S(=O)(=O)O)S(=O)(=O)O.[H-].[Li+]. The van der Waals surface area contributed by atoms with E-state index in [-0.39, 0.29) is 20.3 Å². The molecule has 2 N–H and O–H groups in total. The van der Waals surface area contributed by atoms with Crippen LogP contribution >= 0.6 is 0 Å². The molecule has 0 saturated heterocycles. The fraction of sp³-hybridized carbons (Fsp3) is 1.00. The first kappa shape index (κ1) is 14.0. The van der Waals surface area contributed by atoms with Crippen molar-refractivity contribution in [3.8, 4) is 0 Å². The van der Waals surface area contributed by atoms with Crippen LogP contribution in [0.15, 0.2) is 0 Å². The first-order chi connectivity index (χ1) is 4.15. The summed E-state index contributed by atoms with van der Waals surface area (Å²) in [6.45, 7) is 0.657. The predicted octanol–water partition coefficient (Wildman–Crippen LogP) is -3.78. The molecule has 0 bridgehead atoms. The smallest absolute Gasteiger partial charge is 1.00 e. The van der Waals surface area contributed by atoms with Crippen LogP contribution in [0.5, 0.6) is 0 Å². The Morgan fingerprint density at radius 1 is 1.09 bits per heavy atom. The zero-order valence-electron chi connectivity index (χ0n) is 6.92. The molecular formula is C2H7LiO6S2. The second-order valence-electron chi connectivity index (χ2n) is 1.60. The third-order valence-electron chi connectivity index (χ3n) is 0.839. The van der Waals surface area contributed by atoms with Gasteiger partial charge >= 0.3 is 18.9 Å². The Labute approximate surface area is 78.1 Å². The van der Waals surface area contributed by atoms with Crippen LogP contribution in [0.2, 0.25) is 0 Å². The second kappa shape index (κ2) is 3.89. The van der Waals surface area contributed by atoms with Crippen LogP contribution in [0, 0.1) is 0 Å². The Morgan fingerprint density at radius 3 is 1.27 bits per heavy atom. The zero-order valence-corrected chi connectivity index (χ0v) is 7.55. The zero-order chi connectivity index (χ0) is 8.58. The number of hydrogen-bond acceptors (Lipinski definition) is 4. The third kappa shape index (κ3) is 4.79. The standard InChI is InChI=1S/C2H6O6S2.Li.H/c1-2(9(3,4)5)10(6,7)8;;/h2H,1H3,(H,3,4,5)(H,6,7,8);;/q;+1;-1. The maximum Gasteiger partial charge on any atom is 1.00 e. The number of rotatable bonds is 2.